The van der Waals surface area contributed by atoms with Crippen LogP contribution in [-0.4, -0.2) is 26.5 Å². The summed E-state index contributed by atoms with van der Waals surface area (Å²) in [4.78, 5) is 36.8. The average Bonchev–Trinajstić information content (AvgIpc) is 2.69. The van der Waals surface area contributed by atoms with Crippen molar-refractivity contribution in [1.29, 1.82) is 0 Å². The summed E-state index contributed by atoms with van der Waals surface area (Å²) in [6, 6.07) is 12.2. The maximum atomic E-state index is 13.5. The molecule has 156 valence electrons. The summed E-state index contributed by atoms with van der Waals surface area (Å²) in [7, 11) is 0. The molecule has 2 atom stereocenters. The first-order valence-corrected chi connectivity index (χ1v) is 11.9. The van der Waals surface area contributed by atoms with E-state index in [-0.39, 0.29) is 21.8 Å². The van der Waals surface area contributed by atoms with E-state index in [1.54, 1.807) is 30.3 Å². The third kappa shape index (κ3) is 5.00. The van der Waals surface area contributed by atoms with Crippen molar-refractivity contribution in [2.75, 3.05) is 5.32 Å². The molecule has 3 aromatic rings. The number of benzene rings is 2. The monoisotopic (exact) mass is 490 g/mol. The van der Waals surface area contributed by atoms with E-state index >= 15 is 0 Å². The van der Waals surface area contributed by atoms with E-state index in [0.717, 1.165) is 0 Å². The van der Waals surface area contributed by atoms with E-state index in [2.05, 4.69) is 10.6 Å². The van der Waals surface area contributed by atoms with Gasteiger partial charge in [-0.3, -0.25) is 0 Å². The Hall–Kier alpha value is -2.43. The molecule has 5 nitrogen and oxygen atoms in total. The van der Waals surface area contributed by atoms with Crippen molar-refractivity contribution in [3.05, 3.63) is 85.4 Å². The van der Waals surface area contributed by atoms with Crippen LogP contribution in [-0.2, 0) is 0 Å². The van der Waals surface area contributed by atoms with Gasteiger partial charge in [-0.1, -0.05) is 0 Å². The number of amides is 1. The third-order valence-corrected chi connectivity index (χ3v) is 9.12. The van der Waals surface area contributed by atoms with E-state index in [9.17, 15) is 18.8 Å². The van der Waals surface area contributed by atoms with Gasteiger partial charge in [0.1, 0.15) is 0 Å². The van der Waals surface area contributed by atoms with Crippen LogP contribution in [0.4, 0.5) is 15.8 Å². The van der Waals surface area contributed by atoms with Gasteiger partial charge in [-0.15, -0.1) is 0 Å². The number of hydrogen-bond donors (Lipinski definition) is 2. The van der Waals surface area contributed by atoms with Gasteiger partial charge < -0.3 is 0 Å². The van der Waals surface area contributed by atoms with Crippen molar-refractivity contribution in [2.24, 2.45) is 5.41 Å². The number of halogens is 2. The van der Waals surface area contributed by atoms with Crippen molar-refractivity contribution in [3.8, 4) is 0 Å². The van der Waals surface area contributed by atoms with Gasteiger partial charge in [-0.2, -0.15) is 0 Å². The third-order valence-electron chi connectivity index (χ3n) is 4.54. The van der Waals surface area contributed by atoms with Crippen molar-refractivity contribution >= 4 is 49.0 Å². The number of carbonyl (C=O) groups is 1. The van der Waals surface area contributed by atoms with Crippen LogP contribution in [0.1, 0.15) is 31.1 Å². The van der Waals surface area contributed by atoms with Crippen LogP contribution in [0.25, 0.3) is 0 Å². The zero-order valence-electron chi connectivity index (χ0n) is 16.7. The fourth-order valence-electron chi connectivity index (χ4n) is 2.79. The van der Waals surface area contributed by atoms with Crippen LogP contribution >= 0.6 is 11.6 Å². The van der Waals surface area contributed by atoms with Gasteiger partial charge in [-0.25, -0.2) is 0 Å². The van der Waals surface area contributed by atoms with Gasteiger partial charge >= 0.3 is 185 Å². The number of rotatable bonds is 6. The SMILES string of the molecule is CC(C)(C)C(NC(=O)c1ccc(Cl)cc1)[AsH]c1c(Nc2cccc(F)c2)c(=O)c1=O. The van der Waals surface area contributed by atoms with Gasteiger partial charge in [0.05, 0.1) is 0 Å². The molecule has 0 fully saturated rings. The van der Waals surface area contributed by atoms with Crippen LogP contribution in [0, 0.1) is 11.2 Å². The first kappa shape index (κ1) is 22.3. The molecule has 0 aliphatic rings. The van der Waals surface area contributed by atoms with Gasteiger partial charge in [0.15, 0.2) is 0 Å². The molecule has 0 aliphatic carbocycles. The average molecular weight is 491 g/mol. The summed E-state index contributed by atoms with van der Waals surface area (Å²) in [5.41, 5.74) is -0.437. The second-order valence-corrected chi connectivity index (χ2v) is 11.3. The predicted octanol–water partition coefficient (Wildman–Crippen LogP) is 2.68. The fraction of sp³-hybridized carbons (Fsp3) is 0.227. The molecule has 0 heterocycles. The Balaban J connectivity index is 1.83. The topological polar surface area (TPSA) is 75.3 Å². The molecule has 0 aliphatic heterocycles. The van der Waals surface area contributed by atoms with Crippen molar-refractivity contribution < 1.29 is 9.18 Å². The zero-order valence-corrected chi connectivity index (χ0v) is 19.5. The quantitative estimate of drug-likeness (QED) is 0.412. The standard InChI is InChI=1S/C22H21AsClFN2O3/c1-22(2,3)21(27-20(30)12-7-9-13(24)10-8-12)23-16-17(19(29)18(16)28)26-15-6-4-5-14(25)11-15/h4-11,21,23,26H,1-3H3,(H,27,30). The number of hydrogen-bond acceptors (Lipinski definition) is 4. The second kappa shape index (κ2) is 8.74. The van der Waals surface area contributed by atoms with Crippen molar-refractivity contribution in [2.45, 2.75) is 25.6 Å². The van der Waals surface area contributed by atoms with E-state index in [1.165, 1.54) is 18.2 Å². The summed E-state index contributed by atoms with van der Waals surface area (Å²) in [6.07, 6.45) is 0. The van der Waals surface area contributed by atoms with Gasteiger partial charge in [-0.05, 0) is 0 Å². The van der Waals surface area contributed by atoms with E-state index in [4.69, 9.17) is 11.6 Å². The predicted molar refractivity (Wildman–Crippen MR) is 120 cm³/mol. The zero-order chi connectivity index (χ0) is 22.1. The van der Waals surface area contributed by atoms with Crippen molar-refractivity contribution in [1.82, 2.24) is 5.32 Å². The minimum atomic E-state index is -1.23. The fourth-order valence-corrected chi connectivity index (χ4v) is 6.04. The number of carbonyl (C=O) groups excluding carboxylic acids is 1. The molecule has 0 radical (unpaired) electrons. The number of nitrogens with one attached hydrogen (secondary N) is 2. The molecule has 0 aromatic heterocycles. The van der Waals surface area contributed by atoms with Crippen LogP contribution in [0.15, 0.2) is 58.1 Å². The molecule has 0 saturated carbocycles. The summed E-state index contributed by atoms with van der Waals surface area (Å²) >= 11 is 4.66. The van der Waals surface area contributed by atoms with Crippen LogP contribution in [0.3, 0.4) is 0 Å². The summed E-state index contributed by atoms with van der Waals surface area (Å²) < 4.78 is 13.9. The first-order valence-electron chi connectivity index (χ1n) is 9.25. The minimum absolute atomic E-state index is 0.195. The summed E-state index contributed by atoms with van der Waals surface area (Å²) in [5, 5.41) is 6.41. The normalized spacial score (nSPS) is 13.0. The maximum absolute atomic E-state index is 13.5. The molecule has 1 amide bonds. The molecule has 8 heteroatoms. The Morgan fingerprint density at radius 2 is 1.73 bits per heavy atom. The molecule has 3 aromatic carbocycles. The Labute approximate surface area is 185 Å². The van der Waals surface area contributed by atoms with Gasteiger partial charge in [0.25, 0.3) is 0 Å². The second-order valence-electron chi connectivity index (χ2n) is 7.97. The Morgan fingerprint density at radius 3 is 2.33 bits per heavy atom. The molecule has 0 bridgehead atoms. The number of anilines is 2. The molecular weight excluding hydrogens is 470 g/mol. The molecule has 2 N–H and O–H groups in total. The molecule has 30 heavy (non-hydrogen) atoms. The molecule has 3 rings (SSSR count). The van der Waals surface area contributed by atoms with E-state index < -0.39 is 32.4 Å². The van der Waals surface area contributed by atoms with E-state index in [0.29, 0.717) is 20.6 Å². The van der Waals surface area contributed by atoms with Crippen LogP contribution in [0.2, 0.25) is 5.02 Å². The Morgan fingerprint density at radius 1 is 1.07 bits per heavy atom. The first-order chi connectivity index (χ1) is 14.1. The molecule has 0 saturated heterocycles. The Kier molecular flexibility index (Phi) is 6.49. The van der Waals surface area contributed by atoms with E-state index in [1.807, 2.05) is 20.8 Å². The summed E-state index contributed by atoms with van der Waals surface area (Å²) in [6.45, 7) is 5.90. The van der Waals surface area contributed by atoms with Crippen LogP contribution < -0.4 is 25.8 Å². The Bertz CT molecular complexity index is 1150. The van der Waals surface area contributed by atoms with Crippen LogP contribution in [0.5, 0.6) is 0 Å². The molecular formula is C22H21AsClFN2O3. The molecule has 0 spiro atoms. The van der Waals surface area contributed by atoms with Crippen molar-refractivity contribution in [3.63, 3.8) is 0 Å². The molecule has 2 unspecified atom stereocenters. The van der Waals surface area contributed by atoms with Gasteiger partial charge in [0, 0.05) is 0 Å². The van der Waals surface area contributed by atoms with Gasteiger partial charge in [0.2, 0.25) is 0 Å². The summed E-state index contributed by atoms with van der Waals surface area (Å²) in [5.74, 6) is -0.715.